The van der Waals surface area contributed by atoms with E-state index in [-0.39, 0.29) is 35.0 Å². The maximum Gasteiger partial charge on any atom is 0.335 e. The van der Waals surface area contributed by atoms with Gasteiger partial charge in [0.1, 0.15) is 5.75 Å². The second-order valence-electron chi connectivity index (χ2n) is 8.08. The standard InChI is InChI=1S/C20H24N2O4/c1-10(23)12-9-22-7-6-20-13-4-3-5-14(24)17(13)21-18(20)16(19(25)26-2)11(12)8-15(20)22/h3-5,10-12,15,21,23-24H,6-9H2,1-2H3/t10?,11-,12+,15-,20+/m0/s1. The highest BCUT2D eigenvalue weighted by Gasteiger charge is 2.63. The fourth-order valence-corrected chi connectivity index (χ4v) is 6.03. The van der Waals surface area contributed by atoms with Gasteiger partial charge >= 0.3 is 5.97 Å². The molecule has 6 heteroatoms. The van der Waals surface area contributed by atoms with Gasteiger partial charge in [0.15, 0.2) is 0 Å². The third-order valence-electron chi connectivity index (χ3n) is 7.13. The number of phenolic OH excluding ortho intramolecular Hbond substituents is 1. The first-order valence-electron chi connectivity index (χ1n) is 9.33. The number of benzene rings is 1. The Morgan fingerprint density at radius 1 is 1.46 bits per heavy atom. The number of fused-ring (bicyclic) bond motifs is 2. The number of ether oxygens (including phenoxy) is 1. The second-order valence-corrected chi connectivity index (χ2v) is 8.08. The maximum absolute atomic E-state index is 12.8. The summed E-state index contributed by atoms with van der Waals surface area (Å²) in [5.74, 6) is -0.145. The first-order chi connectivity index (χ1) is 12.5. The third kappa shape index (κ3) is 1.76. The predicted molar refractivity (Wildman–Crippen MR) is 95.7 cm³/mol. The highest BCUT2D eigenvalue weighted by atomic mass is 16.5. The van der Waals surface area contributed by atoms with Gasteiger partial charge in [-0.15, -0.1) is 0 Å². The van der Waals surface area contributed by atoms with Gasteiger partial charge in [0.25, 0.3) is 0 Å². The molecule has 3 N–H and O–H groups in total. The summed E-state index contributed by atoms with van der Waals surface area (Å²) in [5, 5.41) is 24.2. The first-order valence-corrected chi connectivity index (χ1v) is 9.33. The zero-order valence-electron chi connectivity index (χ0n) is 15.0. The molecule has 6 nitrogen and oxygen atoms in total. The average Bonchev–Trinajstić information content (AvgIpc) is 3.18. The minimum absolute atomic E-state index is 0.00283. The Balaban J connectivity index is 1.79. The number of hydrogen-bond acceptors (Lipinski definition) is 6. The van der Waals surface area contributed by atoms with Crippen LogP contribution in [0.15, 0.2) is 29.5 Å². The van der Waals surface area contributed by atoms with Crippen LogP contribution >= 0.6 is 0 Å². The fraction of sp³-hybridized carbons (Fsp3) is 0.550. The number of nitrogens with zero attached hydrogens (tertiary/aromatic N) is 1. The summed E-state index contributed by atoms with van der Waals surface area (Å²) in [5.41, 5.74) is 3.04. The summed E-state index contributed by atoms with van der Waals surface area (Å²) in [6.45, 7) is 3.52. The van der Waals surface area contributed by atoms with E-state index in [9.17, 15) is 15.0 Å². The SMILES string of the molecule is COC(=O)C1=C2Nc3c(O)cccc3[C@@]23CCN2C[C@H](C(C)O)[C@@H]1C[C@H]23. The van der Waals surface area contributed by atoms with E-state index in [0.717, 1.165) is 37.2 Å². The van der Waals surface area contributed by atoms with Crippen LogP contribution in [0.4, 0.5) is 5.69 Å². The van der Waals surface area contributed by atoms with Gasteiger partial charge in [0, 0.05) is 30.1 Å². The van der Waals surface area contributed by atoms with E-state index in [4.69, 9.17) is 4.74 Å². The molecule has 2 bridgehead atoms. The zero-order chi connectivity index (χ0) is 18.2. The average molecular weight is 356 g/mol. The van der Waals surface area contributed by atoms with Gasteiger partial charge in [-0.1, -0.05) is 12.1 Å². The molecule has 1 spiro atoms. The number of para-hydroxylation sites is 1. The lowest BCUT2D eigenvalue weighted by Gasteiger charge is -2.51. The molecule has 26 heavy (non-hydrogen) atoms. The largest absolute Gasteiger partial charge is 0.506 e. The molecule has 0 amide bonds. The number of methoxy groups -OCH3 is 1. The molecule has 0 radical (unpaired) electrons. The number of hydrogen-bond donors (Lipinski definition) is 3. The highest BCUT2D eigenvalue weighted by molar-refractivity contribution is 5.94. The van der Waals surface area contributed by atoms with Crippen molar-refractivity contribution in [3.63, 3.8) is 0 Å². The number of anilines is 1. The Hall–Kier alpha value is -2.05. The van der Waals surface area contributed by atoms with Gasteiger partial charge in [0.2, 0.25) is 0 Å². The van der Waals surface area contributed by atoms with E-state index >= 15 is 0 Å². The quantitative estimate of drug-likeness (QED) is 0.551. The lowest BCUT2D eigenvalue weighted by molar-refractivity contribution is -0.138. The topological polar surface area (TPSA) is 82.0 Å². The van der Waals surface area contributed by atoms with E-state index in [1.165, 1.54) is 7.11 Å². The Kier molecular flexibility index (Phi) is 3.25. The number of rotatable bonds is 2. The van der Waals surface area contributed by atoms with Crippen molar-refractivity contribution in [3.8, 4) is 5.75 Å². The van der Waals surface area contributed by atoms with Crippen LogP contribution in [0.2, 0.25) is 0 Å². The van der Waals surface area contributed by atoms with Crippen LogP contribution in [0.1, 0.15) is 25.3 Å². The second kappa shape index (κ2) is 5.24. The normalized spacial score (nSPS) is 35.6. The van der Waals surface area contributed by atoms with Gasteiger partial charge in [-0.3, -0.25) is 4.90 Å². The van der Waals surface area contributed by atoms with Gasteiger partial charge in [-0.25, -0.2) is 4.79 Å². The lowest BCUT2D eigenvalue weighted by Crippen LogP contribution is -2.57. The molecule has 138 valence electrons. The van der Waals surface area contributed by atoms with Gasteiger partial charge in [-0.05, 0) is 37.9 Å². The molecule has 1 aliphatic carbocycles. The van der Waals surface area contributed by atoms with Crippen molar-refractivity contribution in [1.82, 2.24) is 4.90 Å². The lowest BCUT2D eigenvalue weighted by atomic mass is 9.60. The Labute approximate surface area is 152 Å². The van der Waals surface area contributed by atoms with Crippen LogP contribution in [0.3, 0.4) is 0 Å². The summed E-state index contributed by atoms with van der Waals surface area (Å²) in [4.78, 5) is 15.3. The molecule has 3 heterocycles. The predicted octanol–water partition coefficient (Wildman–Crippen LogP) is 1.59. The van der Waals surface area contributed by atoms with E-state index in [1.54, 1.807) is 6.07 Å². The summed E-state index contributed by atoms with van der Waals surface area (Å²) < 4.78 is 5.16. The van der Waals surface area contributed by atoms with Crippen LogP contribution in [-0.2, 0) is 14.9 Å². The number of carbonyl (C=O) groups is 1. The number of aromatic hydroxyl groups is 1. The molecule has 1 aromatic rings. The van der Waals surface area contributed by atoms with Crippen molar-refractivity contribution >= 4 is 11.7 Å². The van der Waals surface area contributed by atoms with Crippen LogP contribution in [-0.4, -0.2) is 53.4 Å². The number of carbonyl (C=O) groups excluding carboxylic acids is 1. The molecule has 2 fully saturated rings. The van der Waals surface area contributed by atoms with Crippen molar-refractivity contribution in [3.05, 3.63) is 35.0 Å². The Morgan fingerprint density at radius 3 is 3.00 bits per heavy atom. The first kappa shape index (κ1) is 16.1. The van der Waals surface area contributed by atoms with E-state index < -0.39 is 6.10 Å². The maximum atomic E-state index is 12.8. The van der Waals surface area contributed by atoms with Crippen LogP contribution in [0.5, 0.6) is 5.75 Å². The van der Waals surface area contributed by atoms with Crippen molar-refractivity contribution in [1.29, 1.82) is 0 Å². The van der Waals surface area contributed by atoms with E-state index in [0.29, 0.717) is 11.3 Å². The molecule has 2 saturated heterocycles. The van der Waals surface area contributed by atoms with Crippen molar-refractivity contribution in [2.45, 2.75) is 37.3 Å². The van der Waals surface area contributed by atoms with Crippen LogP contribution in [0, 0.1) is 11.8 Å². The molecule has 0 aromatic heterocycles. The van der Waals surface area contributed by atoms with Gasteiger partial charge < -0.3 is 20.3 Å². The molecular weight excluding hydrogens is 332 g/mol. The molecular formula is C20H24N2O4. The highest BCUT2D eigenvalue weighted by Crippen LogP contribution is 2.62. The van der Waals surface area contributed by atoms with Crippen molar-refractivity contribution < 1.29 is 19.7 Å². The number of nitrogens with one attached hydrogen (secondary N) is 1. The van der Waals surface area contributed by atoms with E-state index in [1.807, 2.05) is 13.0 Å². The third-order valence-corrected chi connectivity index (χ3v) is 7.13. The summed E-state index contributed by atoms with van der Waals surface area (Å²) in [6.07, 6.45) is 1.24. The Morgan fingerprint density at radius 2 is 2.27 bits per heavy atom. The molecule has 0 saturated carbocycles. The molecule has 4 aliphatic rings. The number of aliphatic hydroxyl groups excluding tert-OH is 1. The summed E-state index contributed by atoms with van der Waals surface area (Å²) in [7, 11) is 1.41. The minimum Gasteiger partial charge on any atom is -0.506 e. The van der Waals surface area contributed by atoms with Gasteiger partial charge in [-0.2, -0.15) is 0 Å². The van der Waals surface area contributed by atoms with Crippen LogP contribution in [0.25, 0.3) is 0 Å². The minimum atomic E-state index is -0.494. The van der Waals surface area contributed by atoms with Crippen molar-refractivity contribution in [2.24, 2.45) is 11.8 Å². The van der Waals surface area contributed by atoms with E-state index in [2.05, 4.69) is 16.3 Å². The van der Waals surface area contributed by atoms with Crippen LogP contribution < -0.4 is 5.32 Å². The molecule has 1 unspecified atom stereocenters. The Bertz CT molecular complexity index is 833. The number of esters is 1. The fourth-order valence-electron chi connectivity index (χ4n) is 6.03. The van der Waals surface area contributed by atoms with Crippen molar-refractivity contribution in [2.75, 3.05) is 25.5 Å². The molecule has 1 aromatic carbocycles. The number of piperidine rings is 1. The smallest absolute Gasteiger partial charge is 0.335 e. The molecule has 3 aliphatic heterocycles. The summed E-state index contributed by atoms with van der Waals surface area (Å²) >= 11 is 0. The number of phenols is 1. The van der Waals surface area contributed by atoms with Gasteiger partial charge in [0.05, 0.1) is 29.9 Å². The molecule has 5 atom stereocenters. The monoisotopic (exact) mass is 356 g/mol. The molecule has 5 rings (SSSR count). The zero-order valence-corrected chi connectivity index (χ0v) is 15.0. The number of aliphatic hydroxyl groups is 1. The summed E-state index contributed by atoms with van der Waals surface area (Å²) in [6, 6.07) is 5.90.